The Morgan fingerprint density at radius 2 is 1.49 bits per heavy atom. The van der Waals surface area contributed by atoms with Crippen LogP contribution in [0, 0.1) is 10.1 Å². The first-order valence-electron chi connectivity index (χ1n) is 12.7. The van der Waals surface area contributed by atoms with Crippen molar-refractivity contribution in [2.75, 3.05) is 6.61 Å². The number of benzene rings is 3. The van der Waals surface area contributed by atoms with Gasteiger partial charge in [0, 0.05) is 23.6 Å². The Morgan fingerprint density at radius 3 is 2.02 bits per heavy atom. The van der Waals surface area contributed by atoms with E-state index in [0.717, 1.165) is 0 Å². The van der Waals surface area contributed by atoms with Crippen LogP contribution in [0.1, 0.15) is 46.8 Å². The first-order valence-corrected chi connectivity index (χ1v) is 12.7. The maximum atomic E-state index is 13.4. The Kier molecular flexibility index (Phi) is 10.6. The highest BCUT2D eigenvalue weighted by Crippen LogP contribution is 2.27. The molecule has 3 rings (SSSR count). The molecular weight excluding hydrogens is 532 g/mol. The fourth-order valence-corrected chi connectivity index (χ4v) is 4.25. The number of nitrogens with two attached hydrogens (primary N) is 1. The number of nitrogens with one attached hydrogen (secondary N) is 2. The first-order chi connectivity index (χ1) is 19.6. The number of carbonyl (C=O) groups excluding carboxylic acids is 4. The van der Waals surface area contributed by atoms with E-state index in [0.29, 0.717) is 16.7 Å². The summed E-state index contributed by atoms with van der Waals surface area (Å²) in [7, 11) is 0. The van der Waals surface area contributed by atoms with Gasteiger partial charge in [-0.1, -0.05) is 60.7 Å². The zero-order valence-electron chi connectivity index (χ0n) is 22.1. The average Bonchev–Trinajstić information content (AvgIpc) is 2.98. The van der Waals surface area contributed by atoms with E-state index in [1.54, 1.807) is 67.6 Å². The van der Waals surface area contributed by atoms with E-state index in [1.807, 2.05) is 0 Å². The summed E-state index contributed by atoms with van der Waals surface area (Å²) in [4.78, 5) is 61.7. The SMILES string of the molecule is CCOC(=O)C[C@@H](c1ccc([N+](=O)[O-])cc1)[C@H](NC(=O)[C@H](O)[C@@H](NC(=O)c1ccccc1)c1ccccc1)C(N)=O. The molecule has 0 aliphatic carbocycles. The third kappa shape index (κ3) is 8.19. The lowest BCUT2D eigenvalue weighted by Crippen LogP contribution is -2.54. The van der Waals surface area contributed by atoms with Gasteiger partial charge in [-0.15, -0.1) is 0 Å². The van der Waals surface area contributed by atoms with Crippen molar-refractivity contribution in [2.45, 2.75) is 37.5 Å². The van der Waals surface area contributed by atoms with Crippen molar-refractivity contribution in [1.82, 2.24) is 10.6 Å². The van der Waals surface area contributed by atoms with E-state index in [9.17, 15) is 34.4 Å². The zero-order valence-corrected chi connectivity index (χ0v) is 22.1. The highest BCUT2D eigenvalue weighted by atomic mass is 16.6. The van der Waals surface area contributed by atoms with Crippen LogP contribution in [0.25, 0.3) is 0 Å². The van der Waals surface area contributed by atoms with Gasteiger partial charge >= 0.3 is 5.97 Å². The molecule has 12 heteroatoms. The standard InChI is InChI=1S/C29H30N4O8/c1-2-41-23(34)17-22(18-13-15-21(16-14-18)33(39)40)25(27(30)36)32-29(38)26(35)24(19-9-5-3-6-10-19)31-28(37)20-11-7-4-8-12-20/h3-16,22,24-26,35H,2,17H2,1H3,(H2,30,36)(H,31,37)(H,32,38)/t22-,24-,25-,26+/m0/s1. The van der Waals surface area contributed by atoms with Crippen molar-refractivity contribution >= 4 is 29.4 Å². The second kappa shape index (κ2) is 14.3. The quantitative estimate of drug-likeness (QED) is 0.138. The van der Waals surface area contributed by atoms with Crippen LogP contribution < -0.4 is 16.4 Å². The molecule has 5 N–H and O–H groups in total. The fourth-order valence-electron chi connectivity index (χ4n) is 4.25. The van der Waals surface area contributed by atoms with Crippen LogP contribution in [-0.4, -0.2) is 52.5 Å². The monoisotopic (exact) mass is 562 g/mol. The number of ether oxygens (including phenoxy) is 1. The molecule has 0 aliphatic heterocycles. The zero-order chi connectivity index (χ0) is 29.9. The smallest absolute Gasteiger partial charge is 0.306 e. The highest BCUT2D eigenvalue weighted by Gasteiger charge is 2.36. The van der Waals surface area contributed by atoms with Gasteiger partial charge in [-0.25, -0.2) is 0 Å². The van der Waals surface area contributed by atoms with Gasteiger partial charge in [0.15, 0.2) is 6.10 Å². The molecule has 3 amide bonds. The van der Waals surface area contributed by atoms with E-state index in [-0.39, 0.29) is 12.3 Å². The van der Waals surface area contributed by atoms with Crippen molar-refractivity contribution in [2.24, 2.45) is 5.73 Å². The number of nitro groups is 1. The molecule has 0 saturated carbocycles. The van der Waals surface area contributed by atoms with Gasteiger partial charge in [0.25, 0.3) is 17.5 Å². The number of primary amides is 1. The number of rotatable bonds is 13. The summed E-state index contributed by atoms with van der Waals surface area (Å²) in [5.41, 5.74) is 6.40. The number of esters is 1. The second-order valence-corrected chi connectivity index (χ2v) is 9.03. The minimum absolute atomic E-state index is 0.0536. The number of aliphatic hydroxyl groups excluding tert-OH is 1. The molecule has 3 aromatic rings. The molecule has 41 heavy (non-hydrogen) atoms. The summed E-state index contributed by atoms with van der Waals surface area (Å²) in [5, 5.41) is 27.3. The van der Waals surface area contributed by atoms with E-state index in [4.69, 9.17) is 10.5 Å². The maximum Gasteiger partial charge on any atom is 0.306 e. The third-order valence-corrected chi connectivity index (χ3v) is 6.30. The van der Waals surface area contributed by atoms with Gasteiger partial charge in [0.1, 0.15) is 6.04 Å². The molecule has 0 spiro atoms. The molecular formula is C29H30N4O8. The van der Waals surface area contributed by atoms with Gasteiger partial charge in [-0.3, -0.25) is 29.3 Å². The Balaban J connectivity index is 1.91. The number of non-ortho nitro benzene ring substituents is 1. The molecule has 214 valence electrons. The molecule has 12 nitrogen and oxygen atoms in total. The van der Waals surface area contributed by atoms with Crippen LogP contribution in [-0.2, 0) is 19.1 Å². The summed E-state index contributed by atoms with van der Waals surface area (Å²) in [6.07, 6.45) is -2.28. The van der Waals surface area contributed by atoms with Crippen LogP contribution >= 0.6 is 0 Å². The summed E-state index contributed by atoms with van der Waals surface area (Å²) >= 11 is 0. The van der Waals surface area contributed by atoms with E-state index >= 15 is 0 Å². The molecule has 0 fully saturated rings. The van der Waals surface area contributed by atoms with Gasteiger partial charge in [-0.05, 0) is 30.2 Å². The lowest BCUT2D eigenvalue weighted by Gasteiger charge is -2.29. The van der Waals surface area contributed by atoms with Crippen LogP contribution in [0.3, 0.4) is 0 Å². The second-order valence-electron chi connectivity index (χ2n) is 9.03. The van der Waals surface area contributed by atoms with Crippen molar-refractivity contribution in [3.05, 3.63) is 112 Å². The molecule has 4 atom stereocenters. The summed E-state index contributed by atoms with van der Waals surface area (Å²) in [6, 6.07) is 18.8. The lowest BCUT2D eigenvalue weighted by molar-refractivity contribution is -0.384. The largest absolute Gasteiger partial charge is 0.466 e. The summed E-state index contributed by atoms with van der Waals surface area (Å²) in [5.74, 6) is -4.41. The fraction of sp³-hybridized carbons (Fsp3) is 0.241. The van der Waals surface area contributed by atoms with Crippen molar-refractivity contribution in [3.8, 4) is 0 Å². The number of amides is 3. The average molecular weight is 563 g/mol. The molecule has 0 saturated heterocycles. The van der Waals surface area contributed by atoms with Crippen LogP contribution in [0.5, 0.6) is 0 Å². The maximum absolute atomic E-state index is 13.4. The summed E-state index contributed by atoms with van der Waals surface area (Å²) in [6.45, 7) is 1.65. The van der Waals surface area contributed by atoms with Gasteiger partial charge in [0.2, 0.25) is 5.91 Å². The Bertz CT molecular complexity index is 1370. The Labute approximate surface area is 235 Å². The molecule has 0 bridgehead atoms. The van der Waals surface area contributed by atoms with Crippen molar-refractivity contribution in [1.29, 1.82) is 0 Å². The molecule has 0 unspecified atom stereocenters. The van der Waals surface area contributed by atoms with E-state index in [2.05, 4.69) is 10.6 Å². The first kappa shape index (κ1) is 30.4. The van der Waals surface area contributed by atoms with Gasteiger partial charge in [0.05, 0.1) is 24.0 Å². The normalized spacial score (nSPS) is 13.6. The van der Waals surface area contributed by atoms with Crippen molar-refractivity contribution < 1.29 is 33.9 Å². The molecule has 0 aliphatic rings. The van der Waals surface area contributed by atoms with Gasteiger partial charge in [-0.2, -0.15) is 0 Å². The predicted molar refractivity (Wildman–Crippen MR) is 147 cm³/mol. The minimum Gasteiger partial charge on any atom is -0.466 e. The number of carbonyl (C=O) groups is 4. The number of nitro benzene ring substituents is 1. The molecule has 0 heterocycles. The molecule has 3 aromatic carbocycles. The van der Waals surface area contributed by atoms with Crippen LogP contribution in [0.4, 0.5) is 5.69 Å². The predicted octanol–water partition coefficient (Wildman–Crippen LogP) is 2.13. The number of nitrogens with zero attached hydrogens (tertiary/aromatic N) is 1. The number of hydrogen-bond donors (Lipinski definition) is 4. The minimum atomic E-state index is -1.88. The van der Waals surface area contributed by atoms with Crippen molar-refractivity contribution in [3.63, 3.8) is 0 Å². The van der Waals surface area contributed by atoms with Crippen LogP contribution in [0.2, 0.25) is 0 Å². The van der Waals surface area contributed by atoms with E-state index in [1.165, 1.54) is 24.3 Å². The molecule has 0 radical (unpaired) electrons. The molecule has 0 aromatic heterocycles. The van der Waals surface area contributed by atoms with Crippen LogP contribution in [0.15, 0.2) is 84.9 Å². The topological polar surface area (TPSA) is 191 Å². The number of aliphatic hydroxyl groups is 1. The number of hydrogen-bond acceptors (Lipinski definition) is 8. The Hall–Kier alpha value is -5.10. The van der Waals surface area contributed by atoms with Gasteiger partial charge < -0.3 is 26.2 Å². The van der Waals surface area contributed by atoms with E-state index < -0.39 is 59.1 Å². The Morgan fingerprint density at radius 1 is 0.902 bits per heavy atom. The summed E-state index contributed by atoms with van der Waals surface area (Å²) < 4.78 is 5.01. The lowest BCUT2D eigenvalue weighted by atomic mass is 9.87. The highest BCUT2D eigenvalue weighted by molar-refractivity contribution is 5.95. The third-order valence-electron chi connectivity index (χ3n) is 6.30.